The van der Waals surface area contributed by atoms with Gasteiger partial charge in [-0.25, -0.2) is 18.1 Å². The summed E-state index contributed by atoms with van der Waals surface area (Å²) in [6.07, 6.45) is 0.361. The maximum Gasteiger partial charge on any atom is 0.241 e. The molecule has 0 spiro atoms. The summed E-state index contributed by atoms with van der Waals surface area (Å²) in [6.45, 7) is 0. The van der Waals surface area contributed by atoms with Crippen molar-refractivity contribution in [3.8, 4) is 5.75 Å². The first kappa shape index (κ1) is 22.7. The van der Waals surface area contributed by atoms with Gasteiger partial charge in [-0.05, 0) is 42.3 Å². The van der Waals surface area contributed by atoms with E-state index in [2.05, 4.69) is 14.9 Å². The number of nitrogens with two attached hydrogens (primary N) is 1. The highest BCUT2D eigenvalue weighted by molar-refractivity contribution is 7.89. The van der Waals surface area contributed by atoms with E-state index in [4.69, 9.17) is 15.7 Å². The Balaban J connectivity index is 1.70. The molecule has 0 saturated heterocycles. The van der Waals surface area contributed by atoms with Gasteiger partial charge >= 0.3 is 0 Å². The van der Waals surface area contributed by atoms with Crippen LogP contribution < -0.4 is 15.2 Å². The summed E-state index contributed by atoms with van der Waals surface area (Å²) < 4.78 is 35.2. The quantitative estimate of drug-likeness (QED) is 0.152. The van der Waals surface area contributed by atoms with Gasteiger partial charge in [0.25, 0.3) is 0 Å². The lowest BCUT2D eigenvalue weighted by Crippen LogP contribution is -2.30. The maximum absolute atomic E-state index is 13.1. The van der Waals surface area contributed by atoms with E-state index < -0.39 is 16.1 Å². The fourth-order valence-electron chi connectivity index (χ4n) is 3.34. The zero-order chi connectivity index (χ0) is 23.4. The lowest BCUT2D eigenvalue weighted by molar-refractivity contribution is 0.318. The van der Waals surface area contributed by atoms with Gasteiger partial charge < -0.3 is 15.7 Å². The topological polar surface area (TPSA) is 127 Å². The van der Waals surface area contributed by atoms with Crippen LogP contribution in [0.2, 0.25) is 0 Å². The third-order valence-electron chi connectivity index (χ3n) is 5.06. The van der Waals surface area contributed by atoms with Gasteiger partial charge in [0.1, 0.15) is 10.8 Å². The second-order valence-electron chi connectivity index (χ2n) is 7.26. The molecule has 0 aliphatic heterocycles. The Kier molecular flexibility index (Phi) is 6.59. The summed E-state index contributed by atoms with van der Waals surface area (Å²) in [5, 5.41) is 12.5. The highest BCUT2D eigenvalue weighted by atomic mass is 32.2. The zero-order valence-electron chi connectivity index (χ0n) is 17.7. The fraction of sp³-hybridized carbons (Fsp3) is 0.130. The molecule has 4 N–H and O–H groups in total. The summed E-state index contributed by atoms with van der Waals surface area (Å²) in [5.74, 6) is 0.709. The molecule has 0 unspecified atom stereocenters. The lowest BCUT2D eigenvalue weighted by atomic mass is 10.0. The van der Waals surface area contributed by atoms with Gasteiger partial charge in [-0.2, -0.15) is 0 Å². The average Bonchev–Trinajstić information content (AvgIpc) is 3.27. The molecule has 3 aromatic carbocycles. The summed E-state index contributed by atoms with van der Waals surface area (Å²) in [7, 11) is -2.19. The van der Waals surface area contributed by atoms with Gasteiger partial charge in [0.2, 0.25) is 10.0 Å². The molecule has 0 radical (unpaired) electrons. The molecular weight excluding hydrogens is 460 g/mol. The Morgan fingerprint density at radius 2 is 1.88 bits per heavy atom. The minimum atomic E-state index is -3.78. The third-order valence-corrected chi connectivity index (χ3v) is 7.68. The number of benzene rings is 3. The smallest absolute Gasteiger partial charge is 0.241 e. The van der Waals surface area contributed by atoms with Crippen molar-refractivity contribution in [1.82, 2.24) is 9.71 Å². The van der Waals surface area contributed by atoms with E-state index in [9.17, 15) is 8.42 Å². The molecule has 10 heteroatoms. The molecule has 0 saturated carbocycles. The van der Waals surface area contributed by atoms with Gasteiger partial charge in [-0.3, -0.25) is 0 Å². The SMILES string of the molecule is COc1ccc2nc([C@H](Cc3ccc(C(N)=NO)cc3)NS(=O)(=O)c3ccccc3)sc2c1. The Morgan fingerprint density at radius 3 is 2.55 bits per heavy atom. The number of amidine groups is 1. The predicted octanol–water partition coefficient (Wildman–Crippen LogP) is 3.66. The molecule has 1 aromatic heterocycles. The van der Waals surface area contributed by atoms with E-state index in [-0.39, 0.29) is 10.7 Å². The number of thiazole rings is 1. The molecule has 8 nitrogen and oxygen atoms in total. The van der Waals surface area contributed by atoms with E-state index in [1.165, 1.54) is 11.3 Å². The number of ether oxygens (including phenoxy) is 1. The van der Waals surface area contributed by atoms with Crippen LogP contribution in [0.1, 0.15) is 22.2 Å². The van der Waals surface area contributed by atoms with Crippen molar-refractivity contribution < 1.29 is 18.4 Å². The van der Waals surface area contributed by atoms with E-state index in [0.29, 0.717) is 22.7 Å². The summed E-state index contributed by atoms with van der Waals surface area (Å²) >= 11 is 1.41. The normalized spacial score (nSPS) is 13.2. The number of hydrogen-bond acceptors (Lipinski definition) is 7. The second kappa shape index (κ2) is 9.57. The predicted molar refractivity (Wildman–Crippen MR) is 128 cm³/mol. The zero-order valence-corrected chi connectivity index (χ0v) is 19.3. The highest BCUT2D eigenvalue weighted by Gasteiger charge is 2.24. The molecule has 1 atom stereocenters. The van der Waals surface area contributed by atoms with E-state index in [1.54, 1.807) is 49.6 Å². The third kappa shape index (κ3) is 5.14. The highest BCUT2D eigenvalue weighted by Crippen LogP contribution is 2.32. The Hall–Kier alpha value is -3.47. The lowest BCUT2D eigenvalue weighted by Gasteiger charge is -2.17. The van der Waals surface area contributed by atoms with Crippen LogP contribution >= 0.6 is 11.3 Å². The van der Waals surface area contributed by atoms with Gasteiger partial charge in [-0.1, -0.05) is 47.6 Å². The van der Waals surface area contributed by atoms with Gasteiger partial charge in [0.15, 0.2) is 5.84 Å². The number of nitrogens with zero attached hydrogens (tertiary/aromatic N) is 2. The van der Waals surface area contributed by atoms with Crippen molar-refractivity contribution in [3.05, 3.63) is 88.9 Å². The minimum absolute atomic E-state index is 0.00278. The molecule has 33 heavy (non-hydrogen) atoms. The number of sulfonamides is 1. The number of rotatable bonds is 8. The van der Waals surface area contributed by atoms with Crippen molar-refractivity contribution >= 4 is 37.4 Å². The molecule has 0 amide bonds. The standard InChI is InChI=1S/C23H22N4O4S2/c1-31-17-11-12-19-21(14-17)32-23(25-19)20(27-33(29,30)18-5-3-2-4-6-18)13-15-7-9-16(10-8-15)22(24)26-28/h2-12,14,20,27-28H,13H2,1H3,(H2,24,26)/t20-/m0/s1. The van der Waals surface area contributed by atoms with Crippen molar-refractivity contribution in [3.63, 3.8) is 0 Å². The molecule has 0 fully saturated rings. The maximum atomic E-state index is 13.1. The summed E-state index contributed by atoms with van der Waals surface area (Å²) in [6, 6.07) is 20.2. The van der Waals surface area contributed by atoms with E-state index in [0.717, 1.165) is 15.8 Å². The number of hydrogen-bond donors (Lipinski definition) is 3. The first-order valence-electron chi connectivity index (χ1n) is 9.98. The van der Waals surface area contributed by atoms with Crippen molar-refractivity contribution in [2.24, 2.45) is 10.9 Å². The first-order valence-corrected chi connectivity index (χ1v) is 12.3. The molecule has 0 aliphatic rings. The van der Waals surface area contributed by atoms with Gasteiger partial charge in [0.05, 0.1) is 28.3 Å². The number of aromatic nitrogens is 1. The van der Waals surface area contributed by atoms with Crippen molar-refractivity contribution in [2.45, 2.75) is 17.4 Å². The van der Waals surface area contributed by atoms with Gasteiger partial charge in [-0.15, -0.1) is 11.3 Å². The van der Waals surface area contributed by atoms with Crippen LogP contribution in [0.5, 0.6) is 5.75 Å². The number of oxime groups is 1. The number of nitrogens with one attached hydrogen (secondary N) is 1. The molecular formula is C23H22N4O4S2. The summed E-state index contributed by atoms with van der Waals surface area (Å²) in [4.78, 5) is 4.87. The van der Waals surface area contributed by atoms with Crippen LogP contribution in [0.15, 0.2) is 82.8 Å². The van der Waals surface area contributed by atoms with Crippen molar-refractivity contribution in [2.75, 3.05) is 7.11 Å². The molecule has 170 valence electrons. The Morgan fingerprint density at radius 1 is 1.15 bits per heavy atom. The minimum Gasteiger partial charge on any atom is -0.497 e. The van der Waals surface area contributed by atoms with Crippen LogP contribution in [0.25, 0.3) is 10.2 Å². The van der Waals surface area contributed by atoms with E-state index >= 15 is 0 Å². The number of methoxy groups -OCH3 is 1. The van der Waals surface area contributed by atoms with Crippen LogP contribution in [-0.2, 0) is 16.4 Å². The monoisotopic (exact) mass is 482 g/mol. The molecule has 1 heterocycles. The average molecular weight is 483 g/mol. The summed E-state index contributed by atoms with van der Waals surface area (Å²) in [5.41, 5.74) is 7.83. The van der Waals surface area contributed by atoms with Crippen LogP contribution in [0.3, 0.4) is 0 Å². The molecule has 4 aromatic rings. The van der Waals surface area contributed by atoms with Crippen LogP contribution in [-0.4, -0.2) is 31.6 Å². The Bertz CT molecular complexity index is 1390. The molecule has 0 bridgehead atoms. The first-order chi connectivity index (χ1) is 15.9. The molecule has 0 aliphatic carbocycles. The van der Waals surface area contributed by atoms with Crippen LogP contribution in [0.4, 0.5) is 0 Å². The van der Waals surface area contributed by atoms with Gasteiger partial charge in [0, 0.05) is 5.56 Å². The largest absolute Gasteiger partial charge is 0.497 e. The molecule has 4 rings (SSSR count). The van der Waals surface area contributed by atoms with E-state index in [1.807, 2.05) is 30.3 Å². The van der Waals surface area contributed by atoms with Crippen molar-refractivity contribution in [1.29, 1.82) is 0 Å². The fourth-order valence-corrected chi connectivity index (χ4v) is 5.68. The number of fused-ring (bicyclic) bond motifs is 1. The van der Waals surface area contributed by atoms with Crippen LogP contribution in [0, 0.1) is 0 Å². The second-order valence-corrected chi connectivity index (χ2v) is 10.0. The Labute approximate surface area is 195 Å².